The number of ether oxygens (including phenoxy) is 1. The molecule has 2 aromatic carbocycles. The molecule has 0 fully saturated rings. The van der Waals surface area contributed by atoms with Crippen molar-refractivity contribution in [1.82, 2.24) is 0 Å². The van der Waals surface area contributed by atoms with E-state index in [1.165, 1.54) is 5.56 Å². The van der Waals surface area contributed by atoms with Crippen LogP contribution in [0.1, 0.15) is 18.1 Å². The quantitative estimate of drug-likeness (QED) is 0.817. The Balaban J connectivity index is 1.92. The molecule has 0 aromatic heterocycles. The van der Waals surface area contributed by atoms with Crippen LogP contribution in [0.4, 0.5) is 5.69 Å². The molecule has 0 aliphatic carbocycles. The van der Waals surface area contributed by atoms with Gasteiger partial charge >= 0.3 is 0 Å². The van der Waals surface area contributed by atoms with Gasteiger partial charge in [0.15, 0.2) is 0 Å². The molecule has 0 saturated carbocycles. The van der Waals surface area contributed by atoms with Gasteiger partial charge in [0.05, 0.1) is 5.69 Å². The first-order chi connectivity index (χ1) is 10.9. The number of benzene rings is 2. The van der Waals surface area contributed by atoms with Gasteiger partial charge in [-0.25, -0.2) is 8.42 Å². The first kappa shape index (κ1) is 17.6. The predicted molar refractivity (Wildman–Crippen MR) is 94.9 cm³/mol. The molecule has 0 unspecified atom stereocenters. The number of hydrogen-bond acceptors (Lipinski definition) is 3. The first-order valence-corrected chi connectivity index (χ1v) is 9.41. The topological polar surface area (TPSA) is 55.4 Å². The molecule has 0 heterocycles. The highest BCUT2D eigenvalue weighted by Gasteiger charge is 2.12. The zero-order chi connectivity index (χ0) is 16.9. The van der Waals surface area contributed by atoms with Crippen molar-refractivity contribution in [3.8, 4) is 5.75 Å². The van der Waals surface area contributed by atoms with E-state index in [0.29, 0.717) is 16.5 Å². The average Bonchev–Trinajstić information content (AvgIpc) is 2.51. The van der Waals surface area contributed by atoms with E-state index in [-0.39, 0.29) is 12.4 Å². The van der Waals surface area contributed by atoms with Crippen molar-refractivity contribution in [2.75, 3.05) is 17.1 Å². The molecule has 4 nitrogen and oxygen atoms in total. The Labute approximate surface area is 142 Å². The molecule has 0 aliphatic rings. The third kappa shape index (κ3) is 5.44. The number of sulfonamides is 1. The molecule has 0 spiro atoms. The monoisotopic (exact) mass is 353 g/mol. The van der Waals surface area contributed by atoms with Crippen LogP contribution in [0.15, 0.2) is 42.5 Å². The molecule has 2 aromatic rings. The van der Waals surface area contributed by atoms with E-state index in [4.69, 9.17) is 16.3 Å². The molecular formula is C17H20ClNO3S. The predicted octanol–water partition coefficient (Wildman–Crippen LogP) is 4.03. The van der Waals surface area contributed by atoms with Gasteiger partial charge in [0, 0.05) is 5.02 Å². The lowest BCUT2D eigenvalue weighted by molar-refractivity contribution is 0.341. The maximum Gasteiger partial charge on any atom is 0.236 e. The fourth-order valence-corrected chi connectivity index (χ4v) is 3.15. The second-order valence-corrected chi connectivity index (χ2v) is 7.50. The zero-order valence-electron chi connectivity index (χ0n) is 13.2. The van der Waals surface area contributed by atoms with Crippen LogP contribution in [0.2, 0.25) is 5.02 Å². The summed E-state index contributed by atoms with van der Waals surface area (Å²) in [7, 11) is -3.49. The molecule has 0 aliphatic heterocycles. The smallest absolute Gasteiger partial charge is 0.236 e. The second kappa shape index (κ2) is 7.70. The Morgan fingerprint density at radius 2 is 1.83 bits per heavy atom. The highest BCUT2D eigenvalue weighted by atomic mass is 35.5. The highest BCUT2D eigenvalue weighted by molar-refractivity contribution is 7.92. The highest BCUT2D eigenvalue weighted by Crippen LogP contribution is 2.21. The summed E-state index contributed by atoms with van der Waals surface area (Å²) in [5, 5.41) is 0.487. The minimum Gasteiger partial charge on any atom is -0.492 e. The number of rotatable bonds is 7. The zero-order valence-corrected chi connectivity index (χ0v) is 14.7. The van der Waals surface area contributed by atoms with Gasteiger partial charge in [0.2, 0.25) is 10.0 Å². The number of hydrogen-bond donors (Lipinski definition) is 1. The molecule has 0 bridgehead atoms. The molecule has 0 atom stereocenters. The molecule has 23 heavy (non-hydrogen) atoms. The van der Waals surface area contributed by atoms with Crippen molar-refractivity contribution in [2.45, 2.75) is 20.3 Å². The lowest BCUT2D eigenvalue weighted by Crippen LogP contribution is -2.21. The van der Waals surface area contributed by atoms with E-state index < -0.39 is 10.0 Å². The van der Waals surface area contributed by atoms with Crippen LogP contribution in [-0.2, 0) is 16.4 Å². The normalized spacial score (nSPS) is 11.3. The van der Waals surface area contributed by atoms with Crippen molar-refractivity contribution >= 4 is 27.3 Å². The van der Waals surface area contributed by atoms with Crippen molar-refractivity contribution in [3.05, 3.63) is 58.6 Å². The van der Waals surface area contributed by atoms with Gasteiger partial charge in [-0.1, -0.05) is 36.7 Å². The van der Waals surface area contributed by atoms with E-state index in [0.717, 1.165) is 12.0 Å². The van der Waals surface area contributed by atoms with E-state index in [9.17, 15) is 8.42 Å². The Hall–Kier alpha value is -1.72. The summed E-state index contributed by atoms with van der Waals surface area (Å²) < 4.78 is 32.3. The summed E-state index contributed by atoms with van der Waals surface area (Å²) in [6, 6.07) is 12.7. The van der Waals surface area contributed by atoms with Gasteiger partial charge in [-0.2, -0.15) is 0 Å². The number of aryl methyl sites for hydroxylation is 2. The van der Waals surface area contributed by atoms with E-state index in [2.05, 4.69) is 11.6 Å². The summed E-state index contributed by atoms with van der Waals surface area (Å²) in [6.07, 6.45) is 0.956. The summed E-state index contributed by atoms with van der Waals surface area (Å²) in [4.78, 5) is 0. The average molecular weight is 354 g/mol. The van der Waals surface area contributed by atoms with Crippen LogP contribution in [0.25, 0.3) is 0 Å². The minimum atomic E-state index is -3.49. The molecule has 0 radical (unpaired) electrons. The lowest BCUT2D eigenvalue weighted by atomic mass is 10.2. The van der Waals surface area contributed by atoms with Crippen molar-refractivity contribution in [1.29, 1.82) is 0 Å². The van der Waals surface area contributed by atoms with Crippen LogP contribution in [0.5, 0.6) is 5.75 Å². The van der Waals surface area contributed by atoms with Crippen LogP contribution < -0.4 is 9.46 Å². The Kier molecular flexibility index (Phi) is 5.91. The standard InChI is InChI=1S/C17H20ClNO3S/c1-3-14-5-8-16(9-6-14)22-10-11-23(20,21)19-17-12-15(18)7-4-13(17)2/h4-9,12,19H,3,10-11H2,1-2H3. The fraction of sp³-hybridized carbons (Fsp3) is 0.294. The third-order valence-electron chi connectivity index (χ3n) is 3.42. The van der Waals surface area contributed by atoms with Crippen LogP contribution in [-0.4, -0.2) is 20.8 Å². The fourth-order valence-electron chi connectivity index (χ4n) is 2.01. The summed E-state index contributed by atoms with van der Waals surface area (Å²) in [5.41, 5.74) is 2.52. The van der Waals surface area contributed by atoms with E-state index >= 15 is 0 Å². The number of nitrogens with one attached hydrogen (secondary N) is 1. The van der Waals surface area contributed by atoms with Gasteiger partial charge < -0.3 is 4.74 Å². The van der Waals surface area contributed by atoms with Gasteiger partial charge in [-0.05, 0) is 48.7 Å². The molecule has 6 heteroatoms. The Morgan fingerprint density at radius 1 is 1.13 bits per heavy atom. The third-order valence-corrected chi connectivity index (χ3v) is 4.89. The van der Waals surface area contributed by atoms with Gasteiger partial charge in [-0.15, -0.1) is 0 Å². The van der Waals surface area contributed by atoms with Gasteiger partial charge in [0.1, 0.15) is 18.1 Å². The lowest BCUT2D eigenvalue weighted by Gasteiger charge is -2.12. The number of anilines is 1. The van der Waals surface area contributed by atoms with Crippen LogP contribution in [0, 0.1) is 6.92 Å². The largest absolute Gasteiger partial charge is 0.492 e. The van der Waals surface area contributed by atoms with Crippen LogP contribution in [0.3, 0.4) is 0 Å². The molecule has 0 saturated heterocycles. The first-order valence-electron chi connectivity index (χ1n) is 7.38. The molecule has 0 amide bonds. The number of halogens is 1. The van der Waals surface area contributed by atoms with E-state index in [1.807, 2.05) is 31.2 Å². The maximum atomic E-state index is 12.1. The van der Waals surface area contributed by atoms with E-state index in [1.54, 1.807) is 18.2 Å². The Morgan fingerprint density at radius 3 is 2.48 bits per heavy atom. The maximum absolute atomic E-state index is 12.1. The van der Waals surface area contributed by atoms with Crippen molar-refractivity contribution in [3.63, 3.8) is 0 Å². The van der Waals surface area contributed by atoms with Crippen molar-refractivity contribution in [2.24, 2.45) is 0 Å². The summed E-state index contributed by atoms with van der Waals surface area (Å²) >= 11 is 5.90. The minimum absolute atomic E-state index is 0.0837. The molecule has 124 valence electrons. The molecular weight excluding hydrogens is 334 g/mol. The molecule has 1 N–H and O–H groups in total. The van der Waals surface area contributed by atoms with Gasteiger partial charge in [0.25, 0.3) is 0 Å². The second-order valence-electron chi connectivity index (χ2n) is 5.23. The SMILES string of the molecule is CCc1ccc(OCCS(=O)(=O)Nc2cc(Cl)ccc2C)cc1. The molecule has 2 rings (SSSR count). The summed E-state index contributed by atoms with van der Waals surface area (Å²) in [6.45, 7) is 3.98. The van der Waals surface area contributed by atoms with Gasteiger partial charge in [-0.3, -0.25) is 4.72 Å². The van der Waals surface area contributed by atoms with Crippen molar-refractivity contribution < 1.29 is 13.2 Å². The van der Waals surface area contributed by atoms with Crippen LogP contribution >= 0.6 is 11.6 Å². The Bertz CT molecular complexity index is 758. The summed E-state index contributed by atoms with van der Waals surface area (Å²) in [5.74, 6) is 0.533.